The van der Waals surface area contributed by atoms with Gasteiger partial charge in [-0.3, -0.25) is 9.59 Å². The van der Waals surface area contributed by atoms with Gasteiger partial charge in [-0.15, -0.1) is 11.3 Å². The molecule has 0 radical (unpaired) electrons. The molecule has 2 amide bonds. The van der Waals surface area contributed by atoms with Crippen LogP contribution in [0.1, 0.15) is 24.3 Å². The minimum atomic E-state index is -0.309. The first-order valence-electron chi connectivity index (χ1n) is 8.37. The van der Waals surface area contributed by atoms with Crippen molar-refractivity contribution in [2.75, 3.05) is 5.32 Å². The van der Waals surface area contributed by atoms with Crippen LogP contribution in [0.25, 0.3) is 11.1 Å². The summed E-state index contributed by atoms with van der Waals surface area (Å²) in [6.07, 6.45) is 0.195. The van der Waals surface area contributed by atoms with E-state index in [0.29, 0.717) is 0 Å². The maximum absolute atomic E-state index is 12.4. The molecule has 0 bridgehead atoms. The zero-order valence-electron chi connectivity index (χ0n) is 14.4. The summed E-state index contributed by atoms with van der Waals surface area (Å²) in [6, 6.07) is 21.3. The van der Waals surface area contributed by atoms with Crippen LogP contribution in [0.3, 0.4) is 0 Å². The highest BCUT2D eigenvalue weighted by molar-refractivity contribution is 7.10. The first-order valence-corrected chi connectivity index (χ1v) is 9.25. The summed E-state index contributed by atoms with van der Waals surface area (Å²) in [7, 11) is 0. The van der Waals surface area contributed by atoms with Gasteiger partial charge in [-0.1, -0.05) is 48.5 Å². The first-order chi connectivity index (χ1) is 12.6. The van der Waals surface area contributed by atoms with E-state index in [-0.39, 0.29) is 24.3 Å². The molecule has 0 fully saturated rings. The molecule has 0 saturated heterocycles. The molecule has 3 rings (SSSR count). The molecule has 26 heavy (non-hydrogen) atoms. The Bertz CT molecular complexity index is 859. The largest absolute Gasteiger partial charge is 0.348 e. The maximum atomic E-state index is 12.4. The third-order valence-electron chi connectivity index (χ3n) is 3.93. The molecule has 0 aliphatic heterocycles. The van der Waals surface area contributed by atoms with Crippen molar-refractivity contribution in [3.05, 3.63) is 77.0 Å². The molecule has 5 heteroatoms. The number of thiophene rings is 1. The predicted molar refractivity (Wildman–Crippen MR) is 106 cm³/mol. The molecule has 0 spiro atoms. The Morgan fingerprint density at radius 3 is 2.23 bits per heavy atom. The van der Waals surface area contributed by atoms with E-state index in [1.807, 2.05) is 72.1 Å². The summed E-state index contributed by atoms with van der Waals surface area (Å²) in [6.45, 7) is 1.46. The third-order valence-corrected chi connectivity index (χ3v) is 4.92. The van der Waals surface area contributed by atoms with Gasteiger partial charge in [-0.05, 0) is 34.7 Å². The fraction of sp³-hybridized carbons (Fsp3) is 0.143. The Morgan fingerprint density at radius 1 is 0.923 bits per heavy atom. The molecule has 3 aromatic rings. The lowest BCUT2D eigenvalue weighted by Gasteiger charge is -2.16. The number of hydrogen-bond acceptors (Lipinski definition) is 3. The summed E-state index contributed by atoms with van der Waals surface area (Å²) in [4.78, 5) is 24.8. The van der Waals surface area contributed by atoms with Crippen molar-refractivity contribution < 1.29 is 9.59 Å². The monoisotopic (exact) mass is 364 g/mol. The lowest BCUT2D eigenvalue weighted by molar-refractivity contribution is -0.120. The van der Waals surface area contributed by atoms with Crippen molar-refractivity contribution in [2.45, 2.75) is 19.4 Å². The summed E-state index contributed by atoms with van der Waals surface area (Å²) in [5, 5.41) is 7.68. The van der Waals surface area contributed by atoms with Crippen molar-refractivity contribution in [3.63, 3.8) is 0 Å². The number of hydrogen-bond donors (Lipinski definition) is 2. The molecule has 4 nitrogen and oxygen atoms in total. The first kappa shape index (κ1) is 17.9. The van der Waals surface area contributed by atoms with Crippen LogP contribution in [0.4, 0.5) is 5.69 Å². The number of nitrogens with one attached hydrogen (secondary N) is 2. The van der Waals surface area contributed by atoms with Crippen molar-refractivity contribution in [3.8, 4) is 11.1 Å². The van der Waals surface area contributed by atoms with E-state index in [9.17, 15) is 9.59 Å². The highest BCUT2D eigenvalue weighted by Crippen LogP contribution is 2.24. The van der Waals surface area contributed by atoms with Crippen LogP contribution in [0.15, 0.2) is 72.1 Å². The minimum absolute atomic E-state index is 0.135. The smallest absolute Gasteiger partial charge is 0.226 e. The normalized spacial score (nSPS) is 11.6. The average molecular weight is 364 g/mol. The molecule has 132 valence electrons. The van der Waals surface area contributed by atoms with Crippen LogP contribution in [-0.4, -0.2) is 11.8 Å². The van der Waals surface area contributed by atoms with Crippen LogP contribution in [0, 0.1) is 0 Å². The summed E-state index contributed by atoms with van der Waals surface area (Å²) in [5.74, 6) is -0.284. The van der Waals surface area contributed by atoms with E-state index in [4.69, 9.17) is 0 Å². The lowest BCUT2D eigenvalue weighted by Crippen LogP contribution is -2.29. The van der Waals surface area contributed by atoms with Crippen LogP contribution in [0.5, 0.6) is 0 Å². The number of carbonyl (C=O) groups is 2. The van der Waals surface area contributed by atoms with Gasteiger partial charge < -0.3 is 10.6 Å². The fourth-order valence-corrected chi connectivity index (χ4v) is 3.51. The highest BCUT2D eigenvalue weighted by Gasteiger charge is 2.18. The number of rotatable bonds is 6. The van der Waals surface area contributed by atoms with Crippen LogP contribution >= 0.6 is 11.3 Å². The second-order valence-electron chi connectivity index (χ2n) is 5.96. The van der Waals surface area contributed by atoms with Crippen LogP contribution < -0.4 is 10.6 Å². The summed E-state index contributed by atoms with van der Waals surface area (Å²) in [5.41, 5.74) is 2.97. The van der Waals surface area contributed by atoms with E-state index in [2.05, 4.69) is 10.6 Å². The van der Waals surface area contributed by atoms with Gasteiger partial charge in [0.1, 0.15) is 0 Å². The Hall–Kier alpha value is -2.92. The molecular formula is C21H20N2O2S. The van der Waals surface area contributed by atoms with E-state index in [1.54, 1.807) is 0 Å². The number of carbonyl (C=O) groups excluding carboxylic acids is 2. The fourth-order valence-electron chi connectivity index (χ4n) is 2.73. The van der Waals surface area contributed by atoms with Crippen molar-refractivity contribution in [1.29, 1.82) is 0 Å². The molecule has 0 aliphatic rings. The zero-order valence-corrected chi connectivity index (χ0v) is 15.3. The van der Waals surface area contributed by atoms with Crippen molar-refractivity contribution in [2.24, 2.45) is 0 Å². The SMILES string of the molecule is CC(=O)NC(CC(=O)Nc1ccc(-c2ccccc2)cc1)c1cccs1. The molecule has 1 heterocycles. The Labute approximate surface area is 156 Å². The molecule has 2 aromatic carbocycles. The molecule has 1 aromatic heterocycles. The maximum Gasteiger partial charge on any atom is 0.226 e. The van der Waals surface area contributed by atoms with E-state index >= 15 is 0 Å². The number of amides is 2. The highest BCUT2D eigenvalue weighted by atomic mass is 32.1. The molecule has 0 aliphatic carbocycles. The van der Waals surface area contributed by atoms with E-state index in [1.165, 1.54) is 18.3 Å². The van der Waals surface area contributed by atoms with E-state index in [0.717, 1.165) is 21.7 Å². The quantitative estimate of drug-likeness (QED) is 0.670. The number of anilines is 1. The van der Waals surface area contributed by atoms with E-state index < -0.39 is 0 Å². The van der Waals surface area contributed by atoms with Crippen LogP contribution in [-0.2, 0) is 9.59 Å². The molecule has 2 N–H and O–H groups in total. The second kappa shape index (κ2) is 8.45. The standard InChI is InChI=1S/C21H20N2O2S/c1-15(24)22-19(20-8-5-13-26-20)14-21(25)23-18-11-9-17(10-12-18)16-6-3-2-4-7-16/h2-13,19H,14H2,1H3,(H,22,24)(H,23,25). The summed E-state index contributed by atoms with van der Waals surface area (Å²) >= 11 is 1.53. The Kier molecular flexibility index (Phi) is 5.81. The molecule has 1 unspecified atom stereocenters. The van der Waals surface area contributed by atoms with Gasteiger partial charge in [-0.2, -0.15) is 0 Å². The molecule has 0 saturated carbocycles. The van der Waals surface area contributed by atoms with Gasteiger partial charge in [0.25, 0.3) is 0 Å². The predicted octanol–water partition coefficient (Wildman–Crippen LogP) is 4.62. The van der Waals surface area contributed by atoms with Crippen LogP contribution in [0.2, 0.25) is 0 Å². The summed E-state index contributed by atoms with van der Waals surface area (Å²) < 4.78 is 0. The minimum Gasteiger partial charge on any atom is -0.348 e. The van der Waals surface area contributed by atoms with Gasteiger partial charge in [0.05, 0.1) is 12.5 Å². The van der Waals surface area contributed by atoms with Gasteiger partial charge >= 0.3 is 0 Å². The van der Waals surface area contributed by atoms with Gasteiger partial charge in [0.2, 0.25) is 11.8 Å². The van der Waals surface area contributed by atoms with Gasteiger partial charge in [-0.25, -0.2) is 0 Å². The Balaban J connectivity index is 1.64. The van der Waals surface area contributed by atoms with Crippen molar-refractivity contribution >= 4 is 28.8 Å². The van der Waals surface area contributed by atoms with Gasteiger partial charge in [0, 0.05) is 17.5 Å². The van der Waals surface area contributed by atoms with Gasteiger partial charge in [0.15, 0.2) is 0 Å². The number of benzene rings is 2. The Morgan fingerprint density at radius 2 is 1.62 bits per heavy atom. The molecular weight excluding hydrogens is 344 g/mol. The zero-order chi connectivity index (χ0) is 18.4. The lowest BCUT2D eigenvalue weighted by atomic mass is 10.1. The second-order valence-corrected chi connectivity index (χ2v) is 6.94. The topological polar surface area (TPSA) is 58.2 Å². The third kappa shape index (κ3) is 4.80. The van der Waals surface area contributed by atoms with Crippen molar-refractivity contribution in [1.82, 2.24) is 5.32 Å². The average Bonchev–Trinajstić information content (AvgIpc) is 3.17. The molecule has 1 atom stereocenters.